The highest BCUT2D eigenvalue weighted by molar-refractivity contribution is 7.12. The molecule has 4 heteroatoms. The lowest BCUT2D eigenvalue weighted by Crippen LogP contribution is -2.43. The molecule has 0 fully saturated rings. The monoisotopic (exact) mass is 355 g/mol. The van der Waals surface area contributed by atoms with Crippen molar-refractivity contribution in [2.75, 3.05) is 6.54 Å². The second kappa shape index (κ2) is 9.35. The number of aryl methyl sites for hydroxylation is 1. The smallest absolute Gasteiger partial charge is 0.176 e. The van der Waals surface area contributed by atoms with Gasteiger partial charge >= 0.3 is 0 Å². The van der Waals surface area contributed by atoms with Crippen molar-refractivity contribution in [3.63, 3.8) is 0 Å². The van der Waals surface area contributed by atoms with Gasteiger partial charge in [-0.2, -0.15) is 0 Å². The van der Waals surface area contributed by atoms with Gasteiger partial charge in [0.2, 0.25) is 0 Å². The van der Waals surface area contributed by atoms with Crippen LogP contribution in [0.15, 0.2) is 67.1 Å². The quantitative estimate of drug-likeness (QED) is 0.466. The summed E-state index contributed by atoms with van der Waals surface area (Å²) in [5.41, 5.74) is 6.51. The molecule has 0 atom stereocenters. The van der Waals surface area contributed by atoms with Crippen molar-refractivity contribution in [1.82, 2.24) is 0 Å². The number of benzene rings is 1. The SMILES string of the molecule is C=CCC(CN)(CC=C)Oc1ccsc1C(=O)CCc1ccccc1. The first-order valence-corrected chi connectivity index (χ1v) is 9.27. The van der Waals surface area contributed by atoms with Gasteiger partial charge in [-0.25, -0.2) is 0 Å². The van der Waals surface area contributed by atoms with E-state index in [9.17, 15) is 4.79 Å². The van der Waals surface area contributed by atoms with Crippen LogP contribution in [0, 0.1) is 0 Å². The normalized spacial score (nSPS) is 11.1. The first kappa shape index (κ1) is 19.2. The Balaban J connectivity index is 2.11. The highest BCUT2D eigenvalue weighted by atomic mass is 32.1. The van der Waals surface area contributed by atoms with Crippen LogP contribution in [-0.4, -0.2) is 17.9 Å². The number of ketones is 1. The predicted octanol–water partition coefficient (Wildman–Crippen LogP) is 4.79. The molecule has 2 N–H and O–H groups in total. The molecular weight excluding hydrogens is 330 g/mol. The molecular formula is C21H25NO2S. The van der Waals surface area contributed by atoms with Gasteiger partial charge < -0.3 is 10.5 Å². The summed E-state index contributed by atoms with van der Waals surface area (Å²) in [6.07, 6.45) is 5.96. The predicted molar refractivity (Wildman–Crippen MR) is 105 cm³/mol. The van der Waals surface area contributed by atoms with Crippen LogP contribution in [0.25, 0.3) is 0 Å². The van der Waals surface area contributed by atoms with Crippen molar-refractivity contribution >= 4 is 17.1 Å². The molecule has 0 aliphatic heterocycles. The van der Waals surface area contributed by atoms with Gasteiger partial charge in [0.15, 0.2) is 5.78 Å². The summed E-state index contributed by atoms with van der Waals surface area (Å²) in [7, 11) is 0. The Labute approximate surface area is 153 Å². The Morgan fingerprint density at radius 2 is 1.84 bits per heavy atom. The summed E-state index contributed by atoms with van der Waals surface area (Å²) in [6.45, 7) is 7.91. The molecule has 0 unspecified atom stereocenters. The van der Waals surface area contributed by atoms with E-state index >= 15 is 0 Å². The molecule has 0 saturated heterocycles. The van der Waals surface area contributed by atoms with Gasteiger partial charge in [0.25, 0.3) is 0 Å². The molecule has 0 bridgehead atoms. The molecule has 0 aliphatic carbocycles. The minimum absolute atomic E-state index is 0.0944. The fourth-order valence-electron chi connectivity index (χ4n) is 2.73. The van der Waals surface area contributed by atoms with Crippen LogP contribution in [0.3, 0.4) is 0 Å². The third-order valence-corrected chi connectivity index (χ3v) is 5.03. The first-order chi connectivity index (χ1) is 12.1. The number of carbonyl (C=O) groups excluding carboxylic acids is 1. The Hall–Kier alpha value is -2.17. The summed E-state index contributed by atoms with van der Waals surface area (Å²) in [6, 6.07) is 11.9. The Morgan fingerprint density at radius 1 is 1.16 bits per heavy atom. The van der Waals surface area contributed by atoms with Crippen LogP contribution < -0.4 is 10.5 Å². The number of rotatable bonds is 11. The molecule has 0 amide bonds. The van der Waals surface area contributed by atoms with Crippen LogP contribution in [-0.2, 0) is 6.42 Å². The maximum atomic E-state index is 12.6. The average Bonchev–Trinajstić information content (AvgIpc) is 3.09. The van der Waals surface area contributed by atoms with Crippen molar-refractivity contribution in [3.8, 4) is 5.75 Å². The molecule has 0 spiro atoms. The van der Waals surface area contributed by atoms with Crippen molar-refractivity contribution in [1.29, 1.82) is 0 Å². The van der Waals surface area contributed by atoms with E-state index in [1.807, 2.05) is 41.8 Å². The Morgan fingerprint density at radius 3 is 2.44 bits per heavy atom. The van der Waals surface area contributed by atoms with Gasteiger partial charge in [-0.3, -0.25) is 4.79 Å². The molecule has 25 heavy (non-hydrogen) atoms. The van der Waals surface area contributed by atoms with E-state index in [2.05, 4.69) is 13.2 Å². The lowest BCUT2D eigenvalue weighted by Gasteiger charge is -2.31. The number of Topliss-reactive ketones (excluding diaryl/α,β-unsaturated/α-hetero) is 1. The number of carbonyl (C=O) groups is 1. The molecule has 2 aromatic rings. The Bertz CT molecular complexity index is 696. The summed E-state index contributed by atoms with van der Waals surface area (Å²) >= 11 is 1.41. The zero-order valence-electron chi connectivity index (χ0n) is 14.4. The second-order valence-electron chi connectivity index (χ2n) is 6.00. The number of nitrogens with two attached hydrogens (primary N) is 1. The molecule has 1 aromatic heterocycles. The molecule has 132 valence electrons. The fourth-order valence-corrected chi connectivity index (χ4v) is 3.52. The minimum Gasteiger partial charge on any atom is -0.484 e. The maximum absolute atomic E-state index is 12.6. The van der Waals surface area contributed by atoms with Gasteiger partial charge in [0, 0.05) is 25.8 Å². The Kier molecular flexibility index (Phi) is 7.16. The van der Waals surface area contributed by atoms with Crippen LogP contribution in [0.5, 0.6) is 5.75 Å². The second-order valence-corrected chi connectivity index (χ2v) is 6.91. The minimum atomic E-state index is -0.598. The van der Waals surface area contributed by atoms with Gasteiger partial charge in [0.1, 0.15) is 16.2 Å². The van der Waals surface area contributed by atoms with Crippen molar-refractivity contribution in [2.45, 2.75) is 31.3 Å². The number of hydrogen-bond acceptors (Lipinski definition) is 4. The van der Waals surface area contributed by atoms with Gasteiger partial charge in [-0.1, -0.05) is 42.5 Å². The highest BCUT2D eigenvalue weighted by Crippen LogP contribution is 2.32. The van der Waals surface area contributed by atoms with E-state index in [-0.39, 0.29) is 5.78 Å². The van der Waals surface area contributed by atoms with Gasteiger partial charge in [-0.05, 0) is 23.4 Å². The van der Waals surface area contributed by atoms with Crippen molar-refractivity contribution < 1.29 is 9.53 Å². The highest BCUT2D eigenvalue weighted by Gasteiger charge is 2.30. The van der Waals surface area contributed by atoms with E-state index in [1.165, 1.54) is 11.3 Å². The molecule has 0 saturated carbocycles. The third-order valence-electron chi connectivity index (χ3n) is 4.10. The molecule has 0 radical (unpaired) electrons. The lowest BCUT2D eigenvalue weighted by atomic mass is 9.95. The van der Waals surface area contributed by atoms with E-state index in [1.54, 1.807) is 12.2 Å². The molecule has 1 heterocycles. The van der Waals surface area contributed by atoms with E-state index in [4.69, 9.17) is 10.5 Å². The van der Waals surface area contributed by atoms with E-state index < -0.39 is 5.60 Å². The molecule has 0 aliphatic rings. The first-order valence-electron chi connectivity index (χ1n) is 8.39. The lowest BCUT2D eigenvalue weighted by molar-refractivity contribution is 0.0808. The summed E-state index contributed by atoms with van der Waals surface area (Å²) in [5.74, 6) is 0.703. The summed E-state index contributed by atoms with van der Waals surface area (Å²) in [5, 5.41) is 1.88. The van der Waals surface area contributed by atoms with Crippen LogP contribution in [0.1, 0.15) is 34.5 Å². The van der Waals surface area contributed by atoms with Crippen molar-refractivity contribution in [2.24, 2.45) is 5.73 Å². The topological polar surface area (TPSA) is 52.3 Å². The van der Waals surface area contributed by atoms with E-state index in [0.29, 0.717) is 36.4 Å². The third kappa shape index (κ3) is 5.15. The largest absolute Gasteiger partial charge is 0.484 e. The van der Waals surface area contributed by atoms with Gasteiger partial charge in [-0.15, -0.1) is 24.5 Å². The standard InChI is InChI=1S/C21H25NO2S/c1-3-13-21(16-22,14-4-2)24-19-12-15-25-20(19)18(23)11-10-17-8-6-5-7-9-17/h3-9,12,15H,1-2,10-11,13-14,16,22H2. The zero-order valence-corrected chi connectivity index (χ0v) is 15.3. The van der Waals surface area contributed by atoms with Crippen LogP contribution in [0.2, 0.25) is 0 Å². The van der Waals surface area contributed by atoms with Crippen LogP contribution >= 0.6 is 11.3 Å². The maximum Gasteiger partial charge on any atom is 0.176 e. The summed E-state index contributed by atoms with van der Waals surface area (Å²) in [4.78, 5) is 13.3. The fraction of sp³-hybridized carbons (Fsp3) is 0.286. The molecule has 1 aromatic carbocycles. The molecule has 3 nitrogen and oxygen atoms in total. The van der Waals surface area contributed by atoms with E-state index in [0.717, 1.165) is 12.0 Å². The zero-order chi connectivity index (χ0) is 18.1. The average molecular weight is 356 g/mol. The number of thiophene rings is 1. The molecule has 2 rings (SSSR count). The number of hydrogen-bond donors (Lipinski definition) is 1. The van der Waals surface area contributed by atoms with Crippen LogP contribution in [0.4, 0.5) is 0 Å². The number of ether oxygens (including phenoxy) is 1. The van der Waals surface area contributed by atoms with Crippen molar-refractivity contribution in [3.05, 3.63) is 77.5 Å². The summed E-state index contributed by atoms with van der Waals surface area (Å²) < 4.78 is 6.20. The van der Waals surface area contributed by atoms with Gasteiger partial charge in [0.05, 0.1) is 0 Å².